The van der Waals surface area contributed by atoms with Crippen LogP contribution in [0.4, 0.5) is 11.4 Å². The van der Waals surface area contributed by atoms with Crippen LogP contribution in [0.3, 0.4) is 0 Å². The van der Waals surface area contributed by atoms with Crippen molar-refractivity contribution < 1.29 is 0 Å². The van der Waals surface area contributed by atoms with Gasteiger partial charge in [0, 0.05) is 18.0 Å². The van der Waals surface area contributed by atoms with Gasteiger partial charge >= 0.3 is 0 Å². The van der Waals surface area contributed by atoms with Crippen molar-refractivity contribution in [3.05, 3.63) is 30.2 Å². The first-order chi connectivity index (χ1) is 6.68. The number of nitrogens with two attached hydrogens (primary N) is 2. The van der Waals surface area contributed by atoms with Crippen LogP contribution in [0.5, 0.6) is 0 Å². The molecule has 4 N–H and O–H groups in total. The summed E-state index contributed by atoms with van der Waals surface area (Å²) in [4.78, 5) is 4.15. The highest BCUT2D eigenvalue weighted by molar-refractivity contribution is 5.47. The molecule has 2 heterocycles. The number of nitrogen functional groups attached to an aromatic ring is 2. The molecule has 72 valence electrons. The predicted octanol–water partition coefficient (Wildman–Crippen LogP) is 0.740. The summed E-state index contributed by atoms with van der Waals surface area (Å²) in [6, 6.07) is 3.48. The highest BCUT2D eigenvalue weighted by atomic mass is 15.3. The predicted molar refractivity (Wildman–Crippen MR) is 54.9 cm³/mol. The lowest BCUT2D eigenvalue weighted by atomic mass is 10.4. The molecule has 0 spiro atoms. The largest absolute Gasteiger partial charge is 0.399 e. The molecule has 14 heavy (non-hydrogen) atoms. The molecule has 2 aromatic heterocycles. The Balaban J connectivity index is 2.55. The van der Waals surface area contributed by atoms with Crippen molar-refractivity contribution in [1.29, 1.82) is 0 Å². The van der Waals surface area contributed by atoms with E-state index in [0.717, 1.165) is 5.69 Å². The lowest BCUT2D eigenvalue weighted by Gasteiger charge is -2.03. The van der Waals surface area contributed by atoms with Crippen LogP contribution in [0.25, 0.3) is 5.82 Å². The molecule has 0 aliphatic carbocycles. The molecule has 0 saturated heterocycles. The summed E-state index contributed by atoms with van der Waals surface area (Å²) < 4.78 is 1.66. The van der Waals surface area contributed by atoms with E-state index in [1.165, 1.54) is 0 Å². The van der Waals surface area contributed by atoms with Crippen LogP contribution in [-0.2, 0) is 0 Å². The van der Waals surface area contributed by atoms with E-state index in [0.29, 0.717) is 17.2 Å². The van der Waals surface area contributed by atoms with Gasteiger partial charge in [-0.05, 0) is 13.0 Å². The molecule has 0 unspecified atom stereocenters. The van der Waals surface area contributed by atoms with Crippen molar-refractivity contribution in [2.75, 3.05) is 11.5 Å². The maximum atomic E-state index is 5.67. The van der Waals surface area contributed by atoms with Gasteiger partial charge in [0.1, 0.15) is 0 Å². The highest BCUT2D eigenvalue weighted by Gasteiger charge is 2.05. The first-order valence-corrected chi connectivity index (χ1v) is 4.20. The molecule has 0 saturated carbocycles. The van der Waals surface area contributed by atoms with Crippen molar-refractivity contribution in [3.8, 4) is 5.82 Å². The molecule has 0 aliphatic rings. The van der Waals surface area contributed by atoms with Crippen LogP contribution >= 0.6 is 0 Å². The van der Waals surface area contributed by atoms with E-state index < -0.39 is 0 Å². The van der Waals surface area contributed by atoms with Crippen molar-refractivity contribution in [2.45, 2.75) is 6.92 Å². The Bertz CT molecular complexity index is 460. The lowest BCUT2D eigenvalue weighted by Crippen LogP contribution is -2.02. The van der Waals surface area contributed by atoms with Gasteiger partial charge in [-0.2, -0.15) is 5.10 Å². The van der Waals surface area contributed by atoms with Crippen LogP contribution in [0.1, 0.15) is 5.69 Å². The van der Waals surface area contributed by atoms with Crippen LogP contribution in [-0.4, -0.2) is 14.8 Å². The summed E-state index contributed by atoms with van der Waals surface area (Å²) in [7, 11) is 0. The second kappa shape index (κ2) is 3.02. The van der Waals surface area contributed by atoms with Crippen molar-refractivity contribution >= 4 is 11.4 Å². The summed E-state index contributed by atoms with van der Waals surface area (Å²) in [5, 5.41) is 4.10. The number of hydrogen-bond donors (Lipinski definition) is 2. The van der Waals surface area contributed by atoms with Gasteiger partial charge in [0.15, 0.2) is 5.82 Å². The molecule has 0 amide bonds. The smallest absolute Gasteiger partial charge is 0.155 e. The SMILES string of the molecule is Cc1c(N)cnn1-c1cc(N)ccn1. The number of aromatic nitrogens is 3. The minimum Gasteiger partial charge on any atom is -0.399 e. The van der Waals surface area contributed by atoms with Crippen molar-refractivity contribution in [2.24, 2.45) is 0 Å². The van der Waals surface area contributed by atoms with Crippen LogP contribution in [0.2, 0.25) is 0 Å². The molecule has 0 bridgehead atoms. The Kier molecular flexibility index (Phi) is 1.85. The van der Waals surface area contributed by atoms with Gasteiger partial charge in [-0.25, -0.2) is 9.67 Å². The van der Waals surface area contributed by atoms with Gasteiger partial charge in [-0.1, -0.05) is 0 Å². The maximum Gasteiger partial charge on any atom is 0.155 e. The summed E-state index contributed by atoms with van der Waals surface area (Å²) in [5.41, 5.74) is 13.5. The second-order valence-electron chi connectivity index (χ2n) is 3.04. The van der Waals surface area contributed by atoms with E-state index in [-0.39, 0.29) is 0 Å². The highest BCUT2D eigenvalue weighted by Crippen LogP contribution is 2.14. The van der Waals surface area contributed by atoms with E-state index in [2.05, 4.69) is 10.1 Å². The number of rotatable bonds is 1. The molecule has 2 aromatic rings. The number of hydrogen-bond acceptors (Lipinski definition) is 4. The van der Waals surface area contributed by atoms with Gasteiger partial charge in [0.05, 0.1) is 17.6 Å². The minimum atomic E-state index is 0.647. The Morgan fingerprint density at radius 3 is 2.71 bits per heavy atom. The van der Waals surface area contributed by atoms with Crippen LogP contribution in [0, 0.1) is 6.92 Å². The Labute approximate surface area is 81.4 Å². The fraction of sp³-hybridized carbons (Fsp3) is 0.111. The zero-order valence-electron chi connectivity index (χ0n) is 7.81. The second-order valence-corrected chi connectivity index (χ2v) is 3.04. The molecule has 5 nitrogen and oxygen atoms in total. The van der Waals surface area contributed by atoms with Gasteiger partial charge < -0.3 is 11.5 Å². The standard InChI is InChI=1S/C9H11N5/c1-6-8(11)5-13-14(6)9-4-7(10)2-3-12-9/h2-5H,11H2,1H3,(H2,10,12). The molecule has 0 aliphatic heterocycles. The number of pyridine rings is 1. The molecule has 0 atom stereocenters. The third-order valence-electron chi connectivity index (χ3n) is 2.03. The van der Waals surface area contributed by atoms with E-state index in [1.54, 1.807) is 29.2 Å². The first-order valence-electron chi connectivity index (χ1n) is 4.20. The molecule has 2 rings (SSSR count). The Morgan fingerprint density at radius 1 is 1.36 bits per heavy atom. The zero-order chi connectivity index (χ0) is 10.1. The average Bonchev–Trinajstić information content (AvgIpc) is 2.48. The minimum absolute atomic E-state index is 0.647. The summed E-state index contributed by atoms with van der Waals surface area (Å²) in [6.07, 6.45) is 3.24. The maximum absolute atomic E-state index is 5.67. The Hall–Kier alpha value is -2.04. The molecule has 0 radical (unpaired) electrons. The number of anilines is 2. The van der Waals surface area contributed by atoms with E-state index in [4.69, 9.17) is 11.5 Å². The van der Waals surface area contributed by atoms with Crippen LogP contribution < -0.4 is 11.5 Å². The Morgan fingerprint density at radius 2 is 2.14 bits per heavy atom. The van der Waals surface area contributed by atoms with Gasteiger partial charge in [0.2, 0.25) is 0 Å². The summed E-state index contributed by atoms with van der Waals surface area (Å²) >= 11 is 0. The third kappa shape index (κ3) is 1.28. The normalized spacial score (nSPS) is 10.4. The van der Waals surface area contributed by atoms with Crippen molar-refractivity contribution in [3.63, 3.8) is 0 Å². The van der Waals surface area contributed by atoms with Gasteiger partial charge in [0.25, 0.3) is 0 Å². The van der Waals surface area contributed by atoms with E-state index in [1.807, 2.05) is 6.92 Å². The summed E-state index contributed by atoms with van der Waals surface area (Å²) in [5.74, 6) is 0.680. The average molecular weight is 189 g/mol. The van der Waals surface area contributed by atoms with Gasteiger partial charge in [-0.3, -0.25) is 0 Å². The molecular weight excluding hydrogens is 178 g/mol. The van der Waals surface area contributed by atoms with Crippen LogP contribution in [0.15, 0.2) is 24.5 Å². The number of nitrogens with zero attached hydrogens (tertiary/aromatic N) is 3. The van der Waals surface area contributed by atoms with Gasteiger partial charge in [-0.15, -0.1) is 0 Å². The zero-order valence-corrected chi connectivity index (χ0v) is 7.81. The molecule has 0 aromatic carbocycles. The fourth-order valence-electron chi connectivity index (χ4n) is 1.20. The topological polar surface area (TPSA) is 82.8 Å². The summed E-state index contributed by atoms with van der Waals surface area (Å²) in [6.45, 7) is 1.88. The molecular formula is C9H11N5. The fourth-order valence-corrected chi connectivity index (χ4v) is 1.20. The monoisotopic (exact) mass is 189 g/mol. The van der Waals surface area contributed by atoms with Crippen molar-refractivity contribution in [1.82, 2.24) is 14.8 Å². The first kappa shape index (κ1) is 8.55. The lowest BCUT2D eigenvalue weighted by molar-refractivity contribution is 0.818. The van der Waals surface area contributed by atoms with E-state index in [9.17, 15) is 0 Å². The third-order valence-corrected chi connectivity index (χ3v) is 2.03. The molecule has 5 heteroatoms. The van der Waals surface area contributed by atoms with E-state index >= 15 is 0 Å². The molecule has 0 fully saturated rings. The quantitative estimate of drug-likeness (QED) is 0.693.